The molecule has 0 aromatic rings. The summed E-state index contributed by atoms with van der Waals surface area (Å²) in [6.07, 6.45) is 5.30. The van der Waals surface area contributed by atoms with Crippen LogP contribution >= 0.6 is 0 Å². The minimum Gasteiger partial charge on any atom is -0.375 e. The average molecular weight is 197 g/mol. The maximum atomic E-state index is 11.1. The van der Waals surface area contributed by atoms with E-state index in [1.165, 1.54) is 19.3 Å². The second-order valence-electron chi connectivity index (χ2n) is 4.62. The molecule has 1 aliphatic carbocycles. The van der Waals surface area contributed by atoms with Crippen LogP contribution in [0.5, 0.6) is 0 Å². The highest BCUT2D eigenvalue weighted by Gasteiger charge is 2.40. The van der Waals surface area contributed by atoms with Crippen molar-refractivity contribution in [2.75, 3.05) is 0 Å². The van der Waals surface area contributed by atoms with E-state index in [2.05, 4.69) is 12.2 Å². The Morgan fingerprint density at radius 1 is 1.43 bits per heavy atom. The van der Waals surface area contributed by atoms with Gasteiger partial charge in [0.2, 0.25) is 5.91 Å². The zero-order valence-corrected chi connectivity index (χ0v) is 8.95. The first-order valence-electron chi connectivity index (χ1n) is 5.59. The first-order chi connectivity index (χ1) is 6.66. The van der Waals surface area contributed by atoms with Crippen LogP contribution in [0.2, 0.25) is 0 Å². The Kier molecular flexibility index (Phi) is 2.77. The average Bonchev–Trinajstić information content (AvgIpc) is 2.50. The fourth-order valence-electron chi connectivity index (χ4n) is 2.90. The largest absolute Gasteiger partial charge is 0.375 e. The lowest BCUT2D eigenvalue weighted by atomic mass is 9.88. The predicted molar refractivity (Wildman–Crippen MR) is 53.9 cm³/mol. The normalized spacial score (nSPS) is 41.9. The lowest BCUT2D eigenvalue weighted by Gasteiger charge is -2.37. The molecule has 4 atom stereocenters. The van der Waals surface area contributed by atoms with Gasteiger partial charge < -0.3 is 10.1 Å². The number of rotatable bonds is 1. The molecule has 80 valence electrons. The molecule has 3 nitrogen and oxygen atoms in total. The monoisotopic (exact) mass is 197 g/mol. The summed E-state index contributed by atoms with van der Waals surface area (Å²) in [4.78, 5) is 11.1. The van der Waals surface area contributed by atoms with Crippen LogP contribution in [0.15, 0.2) is 0 Å². The van der Waals surface area contributed by atoms with E-state index in [1.54, 1.807) is 6.92 Å². The van der Waals surface area contributed by atoms with Gasteiger partial charge in [-0.1, -0.05) is 6.42 Å². The Morgan fingerprint density at radius 2 is 2.21 bits per heavy atom. The van der Waals surface area contributed by atoms with E-state index in [0.29, 0.717) is 24.2 Å². The lowest BCUT2D eigenvalue weighted by Crippen LogP contribution is -2.49. The maximum Gasteiger partial charge on any atom is 0.217 e. The van der Waals surface area contributed by atoms with Crippen LogP contribution in [0.1, 0.15) is 39.5 Å². The Hall–Kier alpha value is -0.570. The van der Waals surface area contributed by atoms with Crippen LogP contribution in [0.3, 0.4) is 0 Å². The molecule has 14 heavy (non-hydrogen) atoms. The molecule has 1 amide bonds. The summed E-state index contributed by atoms with van der Waals surface area (Å²) >= 11 is 0. The van der Waals surface area contributed by atoms with Gasteiger partial charge in [-0.25, -0.2) is 0 Å². The van der Waals surface area contributed by atoms with E-state index in [1.807, 2.05) is 0 Å². The number of fused-ring (bicyclic) bond motifs is 1. The highest BCUT2D eigenvalue weighted by atomic mass is 16.5. The zero-order valence-electron chi connectivity index (χ0n) is 8.95. The summed E-state index contributed by atoms with van der Waals surface area (Å²) in [5.74, 6) is 0.657. The van der Waals surface area contributed by atoms with Crippen molar-refractivity contribution in [1.82, 2.24) is 5.32 Å². The smallest absolute Gasteiger partial charge is 0.217 e. The second kappa shape index (κ2) is 3.89. The van der Waals surface area contributed by atoms with Crippen LogP contribution in [-0.4, -0.2) is 24.2 Å². The van der Waals surface area contributed by atoms with Crippen LogP contribution in [0.4, 0.5) is 0 Å². The molecule has 1 aliphatic heterocycles. The fraction of sp³-hybridized carbons (Fsp3) is 0.909. The van der Waals surface area contributed by atoms with Crippen molar-refractivity contribution in [2.45, 2.75) is 57.8 Å². The van der Waals surface area contributed by atoms with Gasteiger partial charge in [0.25, 0.3) is 0 Å². The van der Waals surface area contributed by atoms with Crippen molar-refractivity contribution in [3.8, 4) is 0 Å². The third-order valence-electron chi connectivity index (χ3n) is 3.40. The van der Waals surface area contributed by atoms with Gasteiger partial charge in [-0.2, -0.15) is 0 Å². The van der Waals surface area contributed by atoms with Gasteiger partial charge in [0.1, 0.15) is 0 Å². The third-order valence-corrected chi connectivity index (χ3v) is 3.40. The van der Waals surface area contributed by atoms with Crippen molar-refractivity contribution >= 4 is 5.91 Å². The van der Waals surface area contributed by atoms with Crippen LogP contribution < -0.4 is 5.32 Å². The van der Waals surface area contributed by atoms with Gasteiger partial charge in [-0.3, -0.25) is 4.79 Å². The van der Waals surface area contributed by atoms with Crippen molar-refractivity contribution in [3.63, 3.8) is 0 Å². The number of hydrogen-bond acceptors (Lipinski definition) is 2. The van der Waals surface area contributed by atoms with Gasteiger partial charge in [-0.05, 0) is 26.2 Å². The van der Waals surface area contributed by atoms with Crippen molar-refractivity contribution in [3.05, 3.63) is 0 Å². The highest BCUT2D eigenvalue weighted by molar-refractivity contribution is 5.73. The number of amides is 1. The Labute approximate surface area is 85.2 Å². The number of nitrogens with one attached hydrogen (secondary N) is 1. The Balaban J connectivity index is 2.02. The zero-order chi connectivity index (χ0) is 10.1. The van der Waals surface area contributed by atoms with E-state index in [0.717, 1.165) is 6.42 Å². The fourth-order valence-corrected chi connectivity index (χ4v) is 2.90. The quantitative estimate of drug-likeness (QED) is 0.691. The molecule has 1 heterocycles. The molecule has 0 radical (unpaired) electrons. The summed E-state index contributed by atoms with van der Waals surface area (Å²) in [5, 5.41) is 3.06. The van der Waals surface area contributed by atoms with E-state index in [4.69, 9.17) is 4.74 Å². The standard InChI is InChI=1S/C11H19NO2/c1-7-6-10(12-8(2)13)9-4-3-5-11(9)14-7/h7,9-11H,3-6H2,1-2H3,(H,12,13)/t7-,9-,10+,11+/m0/s1. The molecule has 2 fully saturated rings. The Bertz CT molecular complexity index is 229. The maximum absolute atomic E-state index is 11.1. The molecule has 0 spiro atoms. The van der Waals surface area contributed by atoms with Crippen molar-refractivity contribution in [1.29, 1.82) is 0 Å². The molecule has 1 N–H and O–H groups in total. The predicted octanol–water partition coefficient (Wildman–Crippen LogP) is 1.47. The summed E-state index contributed by atoms with van der Waals surface area (Å²) in [5.41, 5.74) is 0. The molecule has 1 saturated carbocycles. The molecule has 3 heteroatoms. The summed E-state index contributed by atoms with van der Waals surface area (Å²) in [7, 11) is 0. The molecule has 0 bridgehead atoms. The number of hydrogen-bond donors (Lipinski definition) is 1. The van der Waals surface area contributed by atoms with E-state index in [9.17, 15) is 4.79 Å². The molecular weight excluding hydrogens is 178 g/mol. The first kappa shape index (κ1) is 9.97. The minimum absolute atomic E-state index is 0.0924. The van der Waals surface area contributed by atoms with Gasteiger partial charge in [0, 0.05) is 18.9 Å². The molecular formula is C11H19NO2. The number of carbonyl (C=O) groups excluding carboxylic acids is 1. The summed E-state index contributed by atoms with van der Waals surface area (Å²) in [6.45, 7) is 3.70. The molecule has 2 rings (SSSR count). The van der Waals surface area contributed by atoms with Gasteiger partial charge in [0.15, 0.2) is 0 Å². The van der Waals surface area contributed by atoms with Crippen molar-refractivity contribution < 1.29 is 9.53 Å². The summed E-state index contributed by atoms with van der Waals surface area (Å²) in [6, 6.07) is 0.351. The SMILES string of the molecule is CC(=O)N[C@@H]1C[C@H](C)O[C@@H]2CCC[C@@H]12. The third kappa shape index (κ3) is 1.92. The van der Waals surface area contributed by atoms with Crippen molar-refractivity contribution in [2.24, 2.45) is 5.92 Å². The molecule has 0 aromatic heterocycles. The van der Waals surface area contributed by atoms with Crippen LogP contribution in [-0.2, 0) is 9.53 Å². The van der Waals surface area contributed by atoms with Crippen LogP contribution in [0.25, 0.3) is 0 Å². The molecule has 0 aromatic carbocycles. The van der Waals surface area contributed by atoms with Crippen LogP contribution in [0, 0.1) is 5.92 Å². The number of ether oxygens (including phenoxy) is 1. The molecule has 0 unspecified atom stereocenters. The minimum atomic E-state index is 0.0924. The molecule has 2 aliphatic rings. The van der Waals surface area contributed by atoms with Gasteiger partial charge in [-0.15, -0.1) is 0 Å². The number of carbonyl (C=O) groups is 1. The topological polar surface area (TPSA) is 38.3 Å². The summed E-state index contributed by atoms with van der Waals surface area (Å²) < 4.78 is 5.87. The van der Waals surface area contributed by atoms with E-state index in [-0.39, 0.29) is 5.91 Å². The van der Waals surface area contributed by atoms with E-state index >= 15 is 0 Å². The first-order valence-corrected chi connectivity index (χ1v) is 5.59. The van der Waals surface area contributed by atoms with Gasteiger partial charge >= 0.3 is 0 Å². The Morgan fingerprint density at radius 3 is 2.93 bits per heavy atom. The highest BCUT2D eigenvalue weighted by Crippen LogP contribution is 2.37. The molecule has 1 saturated heterocycles. The second-order valence-corrected chi connectivity index (χ2v) is 4.62. The van der Waals surface area contributed by atoms with E-state index < -0.39 is 0 Å². The lowest BCUT2D eigenvalue weighted by molar-refractivity contribution is -0.123. The van der Waals surface area contributed by atoms with Gasteiger partial charge in [0.05, 0.1) is 12.2 Å².